The van der Waals surface area contributed by atoms with Crippen LogP contribution in [-0.2, 0) is 0 Å². The largest absolute Gasteiger partial charge is 0.334 e. The van der Waals surface area contributed by atoms with Crippen LogP contribution in [0.3, 0.4) is 0 Å². The minimum absolute atomic E-state index is 0.113. The molecule has 1 heterocycles. The third-order valence-corrected chi connectivity index (χ3v) is 4.35. The highest BCUT2D eigenvalue weighted by atomic mass is 32.2. The van der Waals surface area contributed by atoms with Crippen molar-refractivity contribution < 1.29 is 9.18 Å². The summed E-state index contributed by atoms with van der Waals surface area (Å²) in [5.41, 5.74) is 5.92. The van der Waals surface area contributed by atoms with Crippen molar-refractivity contribution in [2.24, 2.45) is 5.73 Å². The van der Waals surface area contributed by atoms with Gasteiger partial charge in [-0.1, -0.05) is 11.8 Å². The van der Waals surface area contributed by atoms with Crippen molar-refractivity contribution in [3.63, 3.8) is 0 Å². The normalized spacial score (nSPS) is 18.4. The maximum atomic E-state index is 14.1. The number of nitrogens with zero attached hydrogens (tertiary/aromatic N) is 1. The van der Waals surface area contributed by atoms with E-state index >= 15 is 0 Å². The van der Waals surface area contributed by atoms with Crippen LogP contribution < -0.4 is 5.73 Å². The summed E-state index contributed by atoms with van der Waals surface area (Å²) in [5, 5.41) is 0. The molecule has 2 N–H and O–H groups in total. The fourth-order valence-corrected chi connectivity index (χ4v) is 3.12. The lowest BCUT2D eigenvalue weighted by atomic mass is 10.1. The molecule has 1 aliphatic heterocycles. The van der Waals surface area contributed by atoms with E-state index in [-0.39, 0.29) is 24.1 Å². The average molecular weight is 292 g/mol. The molecular weight excluding hydrogens is 275 g/mol. The molecule has 1 saturated heterocycles. The zero-order valence-electron chi connectivity index (χ0n) is 11.4. The molecule has 0 aliphatic carbocycles. The topological polar surface area (TPSA) is 46.3 Å². The lowest BCUT2D eigenvalue weighted by Gasteiger charge is -2.33. The van der Waals surface area contributed by atoms with Crippen LogP contribution in [0.25, 0.3) is 0 Å². The predicted octanol–water partition coefficient (Wildman–Crippen LogP) is 1.71. The number of hydrogen-bond acceptors (Lipinski definition) is 3. The minimum atomic E-state index is -0.524. The van der Waals surface area contributed by atoms with E-state index in [0.29, 0.717) is 12.1 Å². The van der Waals surface area contributed by atoms with Gasteiger partial charge in [-0.2, -0.15) is 11.8 Å². The Balaban J connectivity index is 2.22. The summed E-state index contributed by atoms with van der Waals surface area (Å²) in [6.07, 6.45) is 0. The molecule has 1 aliphatic rings. The van der Waals surface area contributed by atoms with Gasteiger partial charge in [-0.15, -0.1) is 0 Å². The minimum Gasteiger partial charge on any atom is -0.334 e. The molecule has 0 bridgehead atoms. The number of carbonyl (C=O) groups is 1. The van der Waals surface area contributed by atoms with Crippen LogP contribution in [0, 0.1) is 17.7 Å². The van der Waals surface area contributed by atoms with Crippen molar-refractivity contribution in [1.82, 2.24) is 4.90 Å². The van der Waals surface area contributed by atoms with E-state index in [9.17, 15) is 9.18 Å². The van der Waals surface area contributed by atoms with Gasteiger partial charge in [0, 0.05) is 29.7 Å². The van der Waals surface area contributed by atoms with Crippen molar-refractivity contribution in [2.75, 3.05) is 24.6 Å². The second-order valence-electron chi connectivity index (χ2n) is 4.62. The highest BCUT2D eigenvalue weighted by Crippen LogP contribution is 2.20. The molecule has 0 spiro atoms. The SMILES string of the molecule is CC1CSCCN1C(=O)c1ccc(C#CCN)cc1F. The van der Waals surface area contributed by atoms with Crippen molar-refractivity contribution in [1.29, 1.82) is 0 Å². The van der Waals surface area contributed by atoms with Crippen molar-refractivity contribution in [3.8, 4) is 11.8 Å². The average Bonchev–Trinajstić information content (AvgIpc) is 2.45. The first-order chi connectivity index (χ1) is 9.63. The molecule has 0 radical (unpaired) electrons. The van der Waals surface area contributed by atoms with E-state index < -0.39 is 5.82 Å². The number of hydrogen-bond donors (Lipinski definition) is 1. The van der Waals surface area contributed by atoms with Gasteiger partial charge in [0.25, 0.3) is 5.91 Å². The summed E-state index contributed by atoms with van der Waals surface area (Å²) in [4.78, 5) is 14.1. The molecule has 1 atom stereocenters. The summed E-state index contributed by atoms with van der Waals surface area (Å²) in [6, 6.07) is 4.59. The van der Waals surface area contributed by atoms with Crippen LogP contribution >= 0.6 is 11.8 Å². The van der Waals surface area contributed by atoms with Gasteiger partial charge in [-0.05, 0) is 25.1 Å². The molecule has 2 rings (SSSR count). The molecule has 106 valence electrons. The third-order valence-electron chi connectivity index (χ3n) is 3.16. The van der Waals surface area contributed by atoms with E-state index in [1.54, 1.807) is 11.0 Å². The van der Waals surface area contributed by atoms with Crippen LogP contribution in [0.2, 0.25) is 0 Å². The maximum absolute atomic E-state index is 14.1. The van der Waals surface area contributed by atoms with E-state index in [1.807, 2.05) is 18.7 Å². The predicted molar refractivity (Wildman–Crippen MR) is 80.2 cm³/mol. The molecule has 1 unspecified atom stereocenters. The monoisotopic (exact) mass is 292 g/mol. The Kier molecular flexibility index (Phi) is 5.05. The van der Waals surface area contributed by atoms with Crippen molar-refractivity contribution in [3.05, 3.63) is 35.1 Å². The fourth-order valence-electron chi connectivity index (χ4n) is 2.10. The molecule has 1 fully saturated rings. The zero-order chi connectivity index (χ0) is 14.5. The highest BCUT2D eigenvalue weighted by molar-refractivity contribution is 7.99. The molecule has 5 heteroatoms. The first kappa shape index (κ1) is 14.9. The van der Waals surface area contributed by atoms with Crippen molar-refractivity contribution >= 4 is 17.7 Å². The smallest absolute Gasteiger partial charge is 0.257 e. The van der Waals surface area contributed by atoms with Crippen LogP contribution in [0.5, 0.6) is 0 Å². The highest BCUT2D eigenvalue weighted by Gasteiger charge is 2.26. The summed E-state index contributed by atoms with van der Waals surface area (Å²) >= 11 is 1.82. The summed E-state index contributed by atoms with van der Waals surface area (Å²) in [6.45, 7) is 2.88. The quantitative estimate of drug-likeness (QED) is 0.802. The summed E-state index contributed by atoms with van der Waals surface area (Å²) in [7, 11) is 0. The summed E-state index contributed by atoms with van der Waals surface area (Å²) in [5.74, 6) is 6.45. The Labute approximate surface area is 122 Å². The Morgan fingerprint density at radius 1 is 1.60 bits per heavy atom. The van der Waals surface area contributed by atoms with E-state index in [0.717, 1.165) is 11.5 Å². The molecule has 3 nitrogen and oxygen atoms in total. The number of carbonyl (C=O) groups excluding carboxylic acids is 1. The molecule has 0 saturated carbocycles. The van der Waals surface area contributed by atoms with Gasteiger partial charge >= 0.3 is 0 Å². The Morgan fingerprint density at radius 3 is 3.05 bits per heavy atom. The number of thioether (sulfide) groups is 1. The second-order valence-corrected chi connectivity index (χ2v) is 5.77. The Morgan fingerprint density at radius 2 is 2.40 bits per heavy atom. The number of nitrogens with two attached hydrogens (primary N) is 1. The van der Waals surface area contributed by atoms with Crippen LogP contribution in [0.4, 0.5) is 4.39 Å². The van der Waals surface area contributed by atoms with Crippen LogP contribution in [0.1, 0.15) is 22.8 Å². The van der Waals surface area contributed by atoms with Gasteiger partial charge < -0.3 is 10.6 Å². The molecule has 0 aromatic heterocycles. The first-order valence-corrected chi connectivity index (χ1v) is 7.66. The van der Waals surface area contributed by atoms with Crippen molar-refractivity contribution in [2.45, 2.75) is 13.0 Å². The number of halogens is 1. The van der Waals surface area contributed by atoms with E-state index in [1.165, 1.54) is 12.1 Å². The third kappa shape index (κ3) is 3.33. The first-order valence-electron chi connectivity index (χ1n) is 6.50. The fraction of sp³-hybridized carbons (Fsp3) is 0.400. The van der Waals surface area contributed by atoms with E-state index in [4.69, 9.17) is 5.73 Å². The number of amides is 1. The standard InChI is InChI=1S/C15H17FN2OS/c1-11-10-20-8-7-18(11)15(19)13-5-4-12(3-2-6-17)9-14(13)16/h4-5,9,11H,6-8,10,17H2,1H3. The van der Waals surface area contributed by atoms with Gasteiger partial charge in [-0.25, -0.2) is 4.39 Å². The molecule has 1 amide bonds. The lowest BCUT2D eigenvalue weighted by Crippen LogP contribution is -2.44. The van der Waals surface area contributed by atoms with Gasteiger partial charge in [0.1, 0.15) is 5.82 Å². The molecule has 20 heavy (non-hydrogen) atoms. The number of benzene rings is 1. The summed E-state index contributed by atoms with van der Waals surface area (Å²) < 4.78 is 14.1. The molecule has 1 aromatic carbocycles. The Hall–Kier alpha value is -1.51. The second kappa shape index (κ2) is 6.78. The Bertz CT molecular complexity index is 565. The maximum Gasteiger partial charge on any atom is 0.257 e. The van der Waals surface area contributed by atoms with E-state index in [2.05, 4.69) is 11.8 Å². The van der Waals surface area contributed by atoms with Gasteiger partial charge in [0.2, 0.25) is 0 Å². The number of rotatable bonds is 1. The zero-order valence-corrected chi connectivity index (χ0v) is 12.2. The molecule has 1 aromatic rings. The van der Waals surface area contributed by atoms with Gasteiger partial charge in [0.15, 0.2) is 0 Å². The van der Waals surface area contributed by atoms with Gasteiger partial charge in [-0.3, -0.25) is 4.79 Å². The van der Waals surface area contributed by atoms with Crippen LogP contribution in [-0.4, -0.2) is 41.4 Å². The molecular formula is C15H17FN2OS. The van der Waals surface area contributed by atoms with Crippen LogP contribution in [0.15, 0.2) is 18.2 Å². The van der Waals surface area contributed by atoms with Gasteiger partial charge in [0.05, 0.1) is 12.1 Å². The lowest BCUT2D eigenvalue weighted by molar-refractivity contribution is 0.0711.